The third-order valence-corrected chi connectivity index (χ3v) is 2.11. The van der Waals surface area contributed by atoms with Crippen LogP contribution < -0.4 is 0 Å². The lowest BCUT2D eigenvalue weighted by Gasteiger charge is -2.04. The number of hydrogen-bond acceptors (Lipinski definition) is 0. The monoisotopic (exact) mass is 212 g/mol. The van der Waals surface area contributed by atoms with Crippen molar-refractivity contribution < 1.29 is 0 Å². The van der Waals surface area contributed by atoms with Gasteiger partial charge in [0.05, 0.1) is 0 Å². The summed E-state index contributed by atoms with van der Waals surface area (Å²) in [5.41, 5.74) is 5.57. The highest BCUT2D eigenvalue weighted by atomic mass is 14.0. The van der Waals surface area contributed by atoms with Gasteiger partial charge in [0.1, 0.15) is 0 Å². The SMILES string of the molecule is C.C.C.CC.Cc1cc(C)c(C)cc1C. The molecule has 1 rings (SSSR count). The molecule has 0 nitrogen and oxygen atoms in total. The molecule has 0 heteroatoms. The van der Waals surface area contributed by atoms with Gasteiger partial charge in [-0.2, -0.15) is 0 Å². The first-order chi connectivity index (χ1) is 5.61. The summed E-state index contributed by atoms with van der Waals surface area (Å²) in [6.45, 7) is 12.6. The Morgan fingerprint density at radius 1 is 0.533 bits per heavy atom. The minimum absolute atomic E-state index is 0. The highest BCUT2D eigenvalue weighted by Crippen LogP contribution is 2.13. The predicted molar refractivity (Wildman–Crippen MR) is 76.9 cm³/mol. The molecule has 0 aliphatic carbocycles. The first kappa shape index (κ1) is 23.8. The Bertz CT molecular complexity index is 196. The highest BCUT2D eigenvalue weighted by Gasteiger charge is 1.95. The molecule has 15 heavy (non-hydrogen) atoms. The van der Waals surface area contributed by atoms with E-state index in [1.807, 2.05) is 13.8 Å². The Kier molecular flexibility index (Phi) is 17.9. The predicted octanol–water partition coefficient (Wildman–Crippen LogP) is 5.85. The van der Waals surface area contributed by atoms with Crippen LogP contribution in [0.15, 0.2) is 12.1 Å². The number of aryl methyl sites for hydroxylation is 4. The van der Waals surface area contributed by atoms with Gasteiger partial charge in [0, 0.05) is 0 Å². The van der Waals surface area contributed by atoms with Crippen molar-refractivity contribution in [1.29, 1.82) is 0 Å². The third-order valence-electron chi connectivity index (χ3n) is 2.11. The van der Waals surface area contributed by atoms with E-state index in [1.165, 1.54) is 22.3 Å². The van der Waals surface area contributed by atoms with Crippen LogP contribution in [0.3, 0.4) is 0 Å². The Hall–Kier alpha value is -0.780. The lowest BCUT2D eigenvalue weighted by molar-refractivity contribution is 1.24. The van der Waals surface area contributed by atoms with Crippen LogP contribution in [0.2, 0.25) is 0 Å². The van der Waals surface area contributed by atoms with E-state index in [4.69, 9.17) is 0 Å². The fourth-order valence-electron chi connectivity index (χ4n) is 1.10. The largest absolute Gasteiger partial charge is 0.0776 e. The van der Waals surface area contributed by atoms with Crippen LogP contribution >= 0.6 is 0 Å². The van der Waals surface area contributed by atoms with Gasteiger partial charge >= 0.3 is 0 Å². The molecule has 0 fully saturated rings. The first-order valence-electron chi connectivity index (χ1n) is 4.65. The van der Waals surface area contributed by atoms with E-state index in [1.54, 1.807) is 0 Å². The van der Waals surface area contributed by atoms with E-state index in [9.17, 15) is 0 Å². The van der Waals surface area contributed by atoms with E-state index in [0.29, 0.717) is 0 Å². The first-order valence-corrected chi connectivity index (χ1v) is 4.65. The second kappa shape index (κ2) is 11.3. The smallest absolute Gasteiger partial charge is 0.0395 e. The van der Waals surface area contributed by atoms with Crippen molar-refractivity contribution in [1.82, 2.24) is 0 Å². The summed E-state index contributed by atoms with van der Waals surface area (Å²) in [5, 5.41) is 0. The maximum atomic E-state index is 2.24. The van der Waals surface area contributed by atoms with Gasteiger partial charge < -0.3 is 0 Å². The molecule has 0 bridgehead atoms. The minimum atomic E-state index is 0. The molecule has 1 aromatic carbocycles. The Morgan fingerprint density at radius 3 is 0.800 bits per heavy atom. The van der Waals surface area contributed by atoms with E-state index >= 15 is 0 Å². The van der Waals surface area contributed by atoms with Gasteiger partial charge in [-0.25, -0.2) is 0 Å². The molecular weight excluding hydrogens is 180 g/mol. The molecule has 0 aliphatic heterocycles. The van der Waals surface area contributed by atoms with Crippen LogP contribution in [-0.4, -0.2) is 0 Å². The zero-order valence-corrected chi connectivity index (χ0v) is 9.15. The van der Waals surface area contributed by atoms with Gasteiger partial charge in [-0.1, -0.05) is 48.3 Å². The Balaban J connectivity index is -0.000000114. The van der Waals surface area contributed by atoms with Gasteiger partial charge in [-0.05, 0) is 49.9 Å². The fourth-order valence-corrected chi connectivity index (χ4v) is 1.10. The summed E-state index contributed by atoms with van der Waals surface area (Å²) >= 11 is 0. The number of hydrogen-bond donors (Lipinski definition) is 0. The summed E-state index contributed by atoms with van der Waals surface area (Å²) in [6, 6.07) is 4.48. The van der Waals surface area contributed by atoms with Gasteiger partial charge in [-0.15, -0.1) is 0 Å². The van der Waals surface area contributed by atoms with Crippen molar-refractivity contribution in [2.75, 3.05) is 0 Å². The zero-order valence-electron chi connectivity index (χ0n) is 9.15. The summed E-state index contributed by atoms with van der Waals surface area (Å²) in [6.07, 6.45) is 0. The second-order valence-electron chi connectivity index (χ2n) is 3.02. The molecule has 92 valence electrons. The molecule has 0 radical (unpaired) electrons. The van der Waals surface area contributed by atoms with Crippen LogP contribution in [-0.2, 0) is 0 Å². The highest BCUT2D eigenvalue weighted by molar-refractivity contribution is 5.35. The van der Waals surface area contributed by atoms with Gasteiger partial charge in [0.15, 0.2) is 0 Å². The van der Waals surface area contributed by atoms with Crippen molar-refractivity contribution in [2.45, 2.75) is 63.8 Å². The maximum Gasteiger partial charge on any atom is -0.0395 e. The number of benzene rings is 1. The Morgan fingerprint density at radius 2 is 0.667 bits per heavy atom. The van der Waals surface area contributed by atoms with Crippen molar-refractivity contribution in [3.8, 4) is 0 Å². The minimum Gasteiger partial charge on any atom is -0.0776 e. The third kappa shape index (κ3) is 7.18. The average molecular weight is 212 g/mol. The summed E-state index contributed by atoms with van der Waals surface area (Å²) in [7, 11) is 0. The fraction of sp³-hybridized carbons (Fsp3) is 0.600. The molecule has 0 heterocycles. The molecule has 0 spiro atoms. The van der Waals surface area contributed by atoms with Crippen molar-refractivity contribution in [2.24, 2.45) is 0 Å². The second-order valence-corrected chi connectivity index (χ2v) is 3.02. The van der Waals surface area contributed by atoms with Crippen molar-refractivity contribution >= 4 is 0 Å². The molecule has 1 aromatic rings. The van der Waals surface area contributed by atoms with E-state index in [-0.39, 0.29) is 22.3 Å². The zero-order chi connectivity index (χ0) is 9.72. The summed E-state index contributed by atoms with van der Waals surface area (Å²) in [5.74, 6) is 0. The topological polar surface area (TPSA) is 0 Å². The molecule has 0 saturated carbocycles. The van der Waals surface area contributed by atoms with Crippen molar-refractivity contribution in [3.63, 3.8) is 0 Å². The molecule has 0 atom stereocenters. The maximum absolute atomic E-state index is 2.24. The van der Waals surface area contributed by atoms with E-state index < -0.39 is 0 Å². The lowest BCUT2D eigenvalue weighted by atomic mass is 10.0. The van der Waals surface area contributed by atoms with Crippen LogP contribution in [0.1, 0.15) is 58.4 Å². The van der Waals surface area contributed by atoms with Crippen LogP contribution in [0.4, 0.5) is 0 Å². The molecule has 0 unspecified atom stereocenters. The molecule has 0 saturated heterocycles. The van der Waals surface area contributed by atoms with Crippen LogP contribution in [0.5, 0.6) is 0 Å². The van der Waals surface area contributed by atoms with Gasteiger partial charge in [0.2, 0.25) is 0 Å². The summed E-state index contributed by atoms with van der Waals surface area (Å²) in [4.78, 5) is 0. The van der Waals surface area contributed by atoms with Gasteiger partial charge in [0.25, 0.3) is 0 Å². The average Bonchev–Trinajstić information content (AvgIpc) is 2.05. The standard InChI is InChI=1S/C10H14.C2H6.3CH4/c1-7-5-9(3)10(4)6-8(7)2;1-2;;;/h5-6H,1-4H3;1-2H3;3*1H4. The van der Waals surface area contributed by atoms with Crippen molar-refractivity contribution in [3.05, 3.63) is 34.4 Å². The van der Waals surface area contributed by atoms with E-state index in [0.717, 1.165) is 0 Å². The molecule has 0 aromatic heterocycles. The lowest BCUT2D eigenvalue weighted by Crippen LogP contribution is -1.86. The Labute approximate surface area is 98.7 Å². The van der Waals surface area contributed by atoms with E-state index in [2.05, 4.69) is 39.8 Å². The summed E-state index contributed by atoms with van der Waals surface area (Å²) < 4.78 is 0. The van der Waals surface area contributed by atoms with Crippen LogP contribution in [0, 0.1) is 27.7 Å². The molecule has 0 amide bonds. The molecule has 0 aliphatic rings. The van der Waals surface area contributed by atoms with Gasteiger partial charge in [-0.3, -0.25) is 0 Å². The molecular formula is C15H32. The van der Waals surface area contributed by atoms with Crippen LogP contribution in [0.25, 0.3) is 0 Å². The normalized spacial score (nSPS) is 7.07. The molecule has 0 N–H and O–H groups in total. The quantitative estimate of drug-likeness (QED) is 0.505. The number of rotatable bonds is 0.